The molecule has 2 atom stereocenters. The minimum absolute atomic E-state index is 0.0786. The lowest BCUT2D eigenvalue weighted by molar-refractivity contribution is -0.139. The number of nitrogens with zero attached hydrogens (tertiary/aromatic N) is 3. The van der Waals surface area contributed by atoms with E-state index in [-0.39, 0.29) is 11.9 Å². The van der Waals surface area contributed by atoms with Crippen molar-refractivity contribution in [2.24, 2.45) is 11.8 Å². The van der Waals surface area contributed by atoms with Crippen molar-refractivity contribution in [3.63, 3.8) is 0 Å². The van der Waals surface area contributed by atoms with Gasteiger partial charge in [0.2, 0.25) is 0 Å². The minimum Gasteiger partial charge on any atom is -0.423 e. The van der Waals surface area contributed by atoms with Crippen LogP contribution in [0.25, 0.3) is 0 Å². The van der Waals surface area contributed by atoms with Crippen molar-refractivity contribution in [2.45, 2.75) is 45.7 Å². The van der Waals surface area contributed by atoms with Crippen LogP contribution >= 0.6 is 0 Å². The molecule has 0 spiro atoms. The molecule has 0 radical (unpaired) electrons. The highest BCUT2D eigenvalue weighted by Gasteiger charge is 2.36. The Hall–Kier alpha value is -2.14. The Kier molecular flexibility index (Phi) is 4.81. The van der Waals surface area contributed by atoms with Gasteiger partial charge in [0.1, 0.15) is 5.69 Å². The summed E-state index contributed by atoms with van der Waals surface area (Å²) in [5.74, 6) is 0.721. The van der Waals surface area contributed by atoms with Crippen molar-refractivity contribution < 1.29 is 9.53 Å². The van der Waals surface area contributed by atoms with Gasteiger partial charge in [-0.1, -0.05) is 37.3 Å². The fraction of sp³-hybridized carbons (Fsp3) is 0.524. The van der Waals surface area contributed by atoms with Crippen molar-refractivity contribution in [1.29, 1.82) is 0 Å². The van der Waals surface area contributed by atoms with Crippen LogP contribution in [-0.2, 0) is 11.3 Å². The maximum absolute atomic E-state index is 12.8. The lowest BCUT2D eigenvalue weighted by Gasteiger charge is -2.25. The van der Waals surface area contributed by atoms with Gasteiger partial charge in [0, 0.05) is 19.6 Å². The van der Waals surface area contributed by atoms with Crippen LogP contribution in [0.4, 0.5) is 0 Å². The Bertz CT molecular complexity index is 767. The maximum atomic E-state index is 12.8. The minimum atomic E-state index is -0.121. The molecular formula is C21H27N3O2. The van der Waals surface area contributed by atoms with E-state index in [1.165, 1.54) is 24.8 Å². The second-order valence-corrected chi connectivity index (χ2v) is 7.83. The summed E-state index contributed by atoms with van der Waals surface area (Å²) in [7, 11) is 0. The van der Waals surface area contributed by atoms with Gasteiger partial charge in [0.25, 0.3) is 0 Å². The molecule has 0 bridgehead atoms. The number of benzene rings is 1. The zero-order valence-electron chi connectivity index (χ0n) is 15.6. The van der Waals surface area contributed by atoms with Gasteiger partial charge in [0.05, 0.1) is 18.2 Å². The fourth-order valence-electron chi connectivity index (χ4n) is 3.93. The Morgan fingerprint density at radius 2 is 2.00 bits per heavy atom. The van der Waals surface area contributed by atoms with E-state index in [1.54, 1.807) is 0 Å². The molecule has 0 N–H and O–H groups in total. The van der Waals surface area contributed by atoms with E-state index in [0.717, 1.165) is 25.3 Å². The number of aryl methyl sites for hydroxylation is 1. The van der Waals surface area contributed by atoms with Crippen LogP contribution in [0.1, 0.15) is 43.5 Å². The quantitative estimate of drug-likeness (QED) is 0.771. The number of aromatic nitrogens is 2. The molecule has 1 aromatic carbocycles. The molecule has 2 aliphatic rings. The number of carbonyl (C=O) groups excluding carboxylic acids is 1. The van der Waals surface area contributed by atoms with Crippen molar-refractivity contribution in [3.8, 4) is 5.75 Å². The van der Waals surface area contributed by atoms with Crippen molar-refractivity contribution in [1.82, 2.24) is 14.7 Å². The second-order valence-electron chi connectivity index (χ2n) is 7.83. The molecule has 26 heavy (non-hydrogen) atoms. The first-order valence-corrected chi connectivity index (χ1v) is 9.64. The summed E-state index contributed by atoms with van der Waals surface area (Å²) < 4.78 is 7.72. The molecule has 138 valence electrons. The third kappa shape index (κ3) is 3.54. The number of esters is 1. The van der Waals surface area contributed by atoms with Crippen LogP contribution in [0.15, 0.2) is 36.5 Å². The molecule has 2 aromatic rings. The summed E-state index contributed by atoms with van der Waals surface area (Å²) in [6.07, 6.45) is 5.50. The predicted octanol–water partition coefficient (Wildman–Crippen LogP) is 3.59. The van der Waals surface area contributed by atoms with Crippen molar-refractivity contribution >= 4 is 5.97 Å². The highest BCUT2D eigenvalue weighted by atomic mass is 16.5. The number of hydrogen-bond acceptors (Lipinski definition) is 4. The maximum Gasteiger partial charge on any atom is 0.316 e. The van der Waals surface area contributed by atoms with Crippen LogP contribution in [0, 0.1) is 18.8 Å². The van der Waals surface area contributed by atoms with Gasteiger partial charge in [-0.2, -0.15) is 5.10 Å². The summed E-state index contributed by atoms with van der Waals surface area (Å²) in [5, 5.41) is 4.53. The summed E-state index contributed by atoms with van der Waals surface area (Å²) in [6, 6.07) is 10.9. The van der Waals surface area contributed by atoms with Gasteiger partial charge in [-0.25, -0.2) is 0 Å². The standard InChI is InChI=1S/C21H27N3O2/c1-15-11-23(12-17-7-4-3-5-8-17)13-19(15)21(25)26-20-14-24(22-16(20)2)18-9-6-10-18/h3-5,7-8,14-15,18-19H,6,9-13H2,1-2H3/t15-,19?/m1/s1. The van der Waals surface area contributed by atoms with Gasteiger partial charge in [-0.3, -0.25) is 14.4 Å². The Labute approximate surface area is 154 Å². The average molecular weight is 353 g/mol. The largest absolute Gasteiger partial charge is 0.423 e. The van der Waals surface area contributed by atoms with Crippen LogP contribution in [0.2, 0.25) is 0 Å². The topological polar surface area (TPSA) is 47.4 Å². The number of likely N-dealkylation sites (tertiary alicyclic amines) is 1. The van der Waals surface area contributed by atoms with Gasteiger partial charge < -0.3 is 4.74 Å². The number of ether oxygens (including phenoxy) is 1. The zero-order chi connectivity index (χ0) is 18.1. The second kappa shape index (κ2) is 7.23. The first-order chi connectivity index (χ1) is 12.6. The van der Waals surface area contributed by atoms with Crippen LogP contribution < -0.4 is 4.74 Å². The van der Waals surface area contributed by atoms with Gasteiger partial charge in [-0.15, -0.1) is 0 Å². The van der Waals surface area contributed by atoms with Crippen molar-refractivity contribution in [3.05, 3.63) is 47.8 Å². The molecule has 1 aliphatic heterocycles. The molecule has 2 heterocycles. The third-order valence-electron chi connectivity index (χ3n) is 5.77. The van der Waals surface area contributed by atoms with Crippen molar-refractivity contribution in [2.75, 3.05) is 13.1 Å². The molecule has 5 heteroatoms. The molecule has 2 fully saturated rings. The number of rotatable bonds is 5. The van der Waals surface area contributed by atoms with E-state index < -0.39 is 0 Å². The first kappa shape index (κ1) is 17.3. The molecule has 4 rings (SSSR count). The summed E-state index contributed by atoms with van der Waals surface area (Å²) in [4.78, 5) is 15.1. The Morgan fingerprint density at radius 3 is 2.69 bits per heavy atom. The summed E-state index contributed by atoms with van der Waals surface area (Å²) in [5.41, 5.74) is 2.09. The van der Waals surface area contributed by atoms with Crippen LogP contribution in [0.3, 0.4) is 0 Å². The number of hydrogen-bond donors (Lipinski definition) is 0. The van der Waals surface area contributed by atoms with Crippen LogP contribution in [-0.4, -0.2) is 33.7 Å². The fourth-order valence-corrected chi connectivity index (χ4v) is 3.93. The molecule has 1 aliphatic carbocycles. The molecule has 1 saturated carbocycles. The highest BCUT2D eigenvalue weighted by molar-refractivity contribution is 5.76. The Morgan fingerprint density at radius 1 is 1.23 bits per heavy atom. The highest BCUT2D eigenvalue weighted by Crippen LogP contribution is 2.33. The van der Waals surface area contributed by atoms with E-state index in [4.69, 9.17) is 4.74 Å². The van der Waals surface area contributed by atoms with Crippen LogP contribution in [0.5, 0.6) is 5.75 Å². The lowest BCUT2D eigenvalue weighted by atomic mass is 9.93. The molecule has 1 unspecified atom stereocenters. The summed E-state index contributed by atoms with van der Waals surface area (Å²) in [6.45, 7) is 6.62. The van der Waals surface area contributed by atoms with Gasteiger partial charge >= 0.3 is 5.97 Å². The Balaban J connectivity index is 1.38. The molecule has 1 saturated heterocycles. The molecule has 0 amide bonds. The smallest absolute Gasteiger partial charge is 0.316 e. The third-order valence-corrected chi connectivity index (χ3v) is 5.77. The predicted molar refractivity (Wildman–Crippen MR) is 99.9 cm³/mol. The van der Waals surface area contributed by atoms with E-state index in [1.807, 2.05) is 23.9 Å². The molecule has 5 nitrogen and oxygen atoms in total. The van der Waals surface area contributed by atoms with E-state index in [2.05, 4.69) is 41.2 Å². The molecular weight excluding hydrogens is 326 g/mol. The van der Waals surface area contributed by atoms with Gasteiger partial charge in [0.15, 0.2) is 5.75 Å². The summed E-state index contributed by atoms with van der Waals surface area (Å²) >= 11 is 0. The van der Waals surface area contributed by atoms with E-state index in [0.29, 0.717) is 17.7 Å². The number of carbonyl (C=O) groups is 1. The van der Waals surface area contributed by atoms with E-state index in [9.17, 15) is 4.79 Å². The first-order valence-electron chi connectivity index (χ1n) is 9.64. The lowest BCUT2D eigenvalue weighted by Crippen LogP contribution is -2.27. The van der Waals surface area contributed by atoms with E-state index >= 15 is 0 Å². The van der Waals surface area contributed by atoms with Gasteiger partial charge in [-0.05, 0) is 37.7 Å². The molecule has 1 aromatic heterocycles. The average Bonchev–Trinajstić information content (AvgIpc) is 3.10. The normalized spacial score (nSPS) is 23.8. The SMILES string of the molecule is Cc1nn(C2CCC2)cc1OC(=O)C1CN(Cc2ccccc2)C[C@H]1C. The zero-order valence-corrected chi connectivity index (χ0v) is 15.6. The monoisotopic (exact) mass is 353 g/mol.